The number of aldehydes is 1. The van der Waals surface area contributed by atoms with Crippen LogP contribution in [0.4, 0.5) is 0 Å². The highest BCUT2D eigenvalue weighted by atomic mass is 16.6. The minimum atomic E-state index is -0.204. The quantitative estimate of drug-likeness (QED) is 0.394. The molecule has 1 atom stereocenters. The summed E-state index contributed by atoms with van der Waals surface area (Å²) in [6.45, 7) is 1.70. The van der Waals surface area contributed by atoms with E-state index in [4.69, 9.17) is 0 Å². The van der Waals surface area contributed by atoms with Gasteiger partial charge in [0.15, 0.2) is 0 Å². The second-order valence-corrected chi connectivity index (χ2v) is 1.25. The largest absolute Gasteiger partial charge is 0.304 e. The molecule has 42 valence electrons. The molecular weight excluding hydrogens is 94.0 g/mol. The zero-order valence-corrected chi connectivity index (χ0v) is 4.47. The van der Waals surface area contributed by atoms with Crippen LogP contribution in [0.15, 0.2) is 0 Å². The van der Waals surface area contributed by atoms with E-state index in [-0.39, 0.29) is 6.04 Å². The second kappa shape index (κ2) is 3.77. The Morgan fingerprint density at radius 1 is 1.86 bits per heavy atom. The predicted molar refractivity (Wildman–Crippen MR) is 25.7 cm³/mol. The summed E-state index contributed by atoms with van der Waals surface area (Å²) in [5.41, 5.74) is 2.43. The van der Waals surface area contributed by atoms with Gasteiger partial charge in [0.1, 0.15) is 6.29 Å². The Morgan fingerprint density at radius 3 is 2.57 bits per heavy atom. The van der Waals surface area contributed by atoms with Gasteiger partial charge in [-0.1, -0.05) is 0 Å². The molecule has 0 aliphatic heterocycles. The molecule has 0 aliphatic carbocycles. The van der Waals surface area contributed by atoms with Crippen LogP contribution in [-0.4, -0.2) is 19.4 Å². The van der Waals surface area contributed by atoms with E-state index < -0.39 is 0 Å². The van der Waals surface area contributed by atoms with Crippen molar-refractivity contribution in [3.63, 3.8) is 0 Å². The van der Waals surface area contributed by atoms with Crippen molar-refractivity contribution in [1.82, 2.24) is 5.48 Å². The molecule has 0 aromatic carbocycles. The number of hydrogen-bond acceptors (Lipinski definition) is 3. The summed E-state index contributed by atoms with van der Waals surface area (Å²) in [5.74, 6) is 0. The molecule has 0 unspecified atom stereocenters. The van der Waals surface area contributed by atoms with Gasteiger partial charge in [-0.15, -0.1) is 0 Å². The van der Waals surface area contributed by atoms with Gasteiger partial charge < -0.3 is 9.63 Å². The van der Waals surface area contributed by atoms with Crippen molar-refractivity contribution in [2.24, 2.45) is 0 Å². The summed E-state index contributed by atoms with van der Waals surface area (Å²) in [6, 6.07) is -0.204. The number of nitrogens with one attached hydrogen (secondary N) is 1. The molecule has 3 nitrogen and oxygen atoms in total. The van der Waals surface area contributed by atoms with Crippen molar-refractivity contribution in [2.75, 3.05) is 7.11 Å². The molecule has 0 fully saturated rings. The molecule has 0 radical (unpaired) electrons. The van der Waals surface area contributed by atoms with Gasteiger partial charge in [-0.3, -0.25) is 0 Å². The lowest BCUT2D eigenvalue weighted by Gasteiger charge is -2.00. The Kier molecular flexibility index (Phi) is 3.55. The lowest BCUT2D eigenvalue weighted by atomic mass is 10.4. The number of carbonyl (C=O) groups is 1. The van der Waals surface area contributed by atoms with E-state index in [1.165, 1.54) is 7.11 Å². The predicted octanol–water partition coefficient (Wildman–Crippen LogP) is -0.275. The fourth-order valence-corrected chi connectivity index (χ4v) is 0.214. The first kappa shape index (κ1) is 6.59. The van der Waals surface area contributed by atoms with E-state index in [9.17, 15) is 4.79 Å². The smallest absolute Gasteiger partial charge is 0.138 e. The molecule has 3 heteroatoms. The Labute approximate surface area is 42.6 Å². The summed E-state index contributed by atoms with van der Waals surface area (Å²) in [6.07, 6.45) is 0.767. The third-order valence-corrected chi connectivity index (χ3v) is 0.508. The average molecular weight is 103 g/mol. The maximum Gasteiger partial charge on any atom is 0.138 e. The fourth-order valence-electron chi connectivity index (χ4n) is 0.214. The van der Waals surface area contributed by atoms with Gasteiger partial charge in [0.2, 0.25) is 0 Å². The van der Waals surface area contributed by atoms with E-state index in [1.54, 1.807) is 6.92 Å². The van der Waals surface area contributed by atoms with Crippen LogP contribution in [0.1, 0.15) is 6.92 Å². The molecule has 0 spiro atoms. The monoisotopic (exact) mass is 103 g/mol. The number of hydroxylamine groups is 1. The van der Waals surface area contributed by atoms with E-state index in [0.29, 0.717) is 0 Å². The third kappa shape index (κ3) is 3.42. The number of hydrogen-bond donors (Lipinski definition) is 1. The first-order valence-corrected chi connectivity index (χ1v) is 2.05. The van der Waals surface area contributed by atoms with Crippen LogP contribution in [0.2, 0.25) is 0 Å². The highest BCUT2D eigenvalue weighted by Crippen LogP contribution is 1.68. The zero-order chi connectivity index (χ0) is 5.70. The minimum absolute atomic E-state index is 0.204. The molecule has 0 rings (SSSR count). The average Bonchev–Trinajstić information content (AvgIpc) is 1.68. The summed E-state index contributed by atoms with van der Waals surface area (Å²) in [5, 5.41) is 0. The summed E-state index contributed by atoms with van der Waals surface area (Å²) >= 11 is 0. The molecule has 0 aromatic rings. The lowest BCUT2D eigenvalue weighted by molar-refractivity contribution is -0.112. The fraction of sp³-hybridized carbons (Fsp3) is 0.750. The molecule has 0 aromatic heterocycles. The lowest BCUT2D eigenvalue weighted by Crippen LogP contribution is -2.25. The summed E-state index contributed by atoms with van der Waals surface area (Å²) in [7, 11) is 1.47. The Morgan fingerprint density at radius 2 is 2.43 bits per heavy atom. The van der Waals surface area contributed by atoms with Crippen molar-refractivity contribution in [3.05, 3.63) is 0 Å². The van der Waals surface area contributed by atoms with Crippen molar-refractivity contribution < 1.29 is 9.63 Å². The third-order valence-electron chi connectivity index (χ3n) is 0.508. The second-order valence-electron chi connectivity index (χ2n) is 1.25. The van der Waals surface area contributed by atoms with Gasteiger partial charge in [0.25, 0.3) is 0 Å². The highest BCUT2D eigenvalue weighted by Gasteiger charge is 1.91. The van der Waals surface area contributed by atoms with E-state index >= 15 is 0 Å². The molecule has 1 N–H and O–H groups in total. The summed E-state index contributed by atoms with van der Waals surface area (Å²) in [4.78, 5) is 14.2. The maximum absolute atomic E-state index is 9.75. The van der Waals surface area contributed by atoms with Crippen molar-refractivity contribution in [1.29, 1.82) is 0 Å². The van der Waals surface area contributed by atoms with Crippen LogP contribution in [0.25, 0.3) is 0 Å². The standard InChI is InChI=1S/C4H9NO2/c1-4(3-6)5-7-2/h3-5H,1-2H3/t4-/m0/s1. The number of rotatable bonds is 3. The first-order chi connectivity index (χ1) is 3.31. The molecule has 0 amide bonds. The molecule has 7 heavy (non-hydrogen) atoms. The van der Waals surface area contributed by atoms with Gasteiger partial charge in [-0.05, 0) is 6.92 Å². The van der Waals surface area contributed by atoms with Gasteiger partial charge in [-0.2, -0.15) is 5.48 Å². The van der Waals surface area contributed by atoms with Gasteiger partial charge in [-0.25, -0.2) is 0 Å². The maximum atomic E-state index is 9.75. The Bertz CT molecular complexity index is 55.7. The summed E-state index contributed by atoms with van der Waals surface area (Å²) < 4.78 is 0. The van der Waals surface area contributed by atoms with Crippen LogP contribution in [0.3, 0.4) is 0 Å². The van der Waals surface area contributed by atoms with Crippen molar-refractivity contribution >= 4 is 6.29 Å². The number of carbonyl (C=O) groups excluding carboxylic acids is 1. The van der Waals surface area contributed by atoms with Crippen LogP contribution in [0, 0.1) is 0 Å². The Balaban J connectivity index is 2.98. The SMILES string of the molecule is CON[C@@H](C)C=O. The molecule has 0 bridgehead atoms. The van der Waals surface area contributed by atoms with Crippen molar-refractivity contribution in [3.8, 4) is 0 Å². The van der Waals surface area contributed by atoms with E-state index in [0.717, 1.165) is 6.29 Å². The van der Waals surface area contributed by atoms with E-state index in [1.807, 2.05) is 0 Å². The van der Waals surface area contributed by atoms with Crippen LogP contribution >= 0.6 is 0 Å². The molecule has 0 aliphatic rings. The molecule has 0 heterocycles. The van der Waals surface area contributed by atoms with Crippen LogP contribution in [-0.2, 0) is 9.63 Å². The molecule has 0 saturated carbocycles. The topological polar surface area (TPSA) is 38.3 Å². The molecular formula is C4H9NO2. The molecule has 0 saturated heterocycles. The zero-order valence-electron chi connectivity index (χ0n) is 4.47. The first-order valence-electron chi connectivity index (χ1n) is 2.05. The minimum Gasteiger partial charge on any atom is -0.304 e. The van der Waals surface area contributed by atoms with Gasteiger partial charge in [0, 0.05) is 0 Å². The van der Waals surface area contributed by atoms with Gasteiger partial charge in [0.05, 0.1) is 13.2 Å². The van der Waals surface area contributed by atoms with Crippen molar-refractivity contribution in [2.45, 2.75) is 13.0 Å². The van der Waals surface area contributed by atoms with Crippen LogP contribution in [0.5, 0.6) is 0 Å². The van der Waals surface area contributed by atoms with Gasteiger partial charge >= 0.3 is 0 Å². The van der Waals surface area contributed by atoms with Crippen LogP contribution < -0.4 is 5.48 Å². The highest BCUT2D eigenvalue weighted by molar-refractivity contribution is 5.56. The Hall–Kier alpha value is -0.410. The van der Waals surface area contributed by atoms with E-state index in [2.05, 4.69) is 10.3 Å². The normalized spacial score (nSPS) is 13.4.